The highest BCUT2D eigenvalue weighted by Crippen LogP contribution is 2.22. The number of nitrogens with one attached hydrogen (secondary N) is 2. The summed E-state index contributed by atoms with van der Waals surface area (Å²) in [7, 11) is 3.03. The molecule has 136 valence electrons. The van der Waals surface area contributed by atoms with E-state index in [0.29, 0.717) is 22.6 Å². The standard InChI is InChI=1S/C17H18N4O4S/c1-24-13-5-3-11(15(22)7-13)9-18-20-17(26)21-19-10-12-4-6-14(25-2)8-16(12)23/h3-10,22-23H,1-2H3,(H2,20,21,26)/b18-9+,19-10+. The highest BCUT2D eigenvalue weighted by atomic mass is 32.1. The van der Waals surface area contributed by atoms with Gasteiger partial charge in [0.2, 0.25) is 5.11 Å². The molecular weight excluding hydrogens is 356 g/mol. The van der Waals surface area contributed by atoms with Gasteiger partial charge in [0.25, 0.3) is 0 Å². The Bertz CT molecular complexity index is 772. The van der Waals surface area contributed by atoms with Gasteiger partial charge >= 0.3 is 0 Å². The lowest BCUT2D eigenvalue weighted by Gasteiger charge is -2.04. The smallest absolute Gasteiger partial charge is 0.207 e. The van der Waals surface area contributed by atoms with Crippen molar-refractivity contribution in [3.05, 3.63) is 47.5 Å². The Morgan fingerprint density at radius 2 is 1.31 bits per heavy atom. The first-order chi connectivity index (χ1) is 12.5. The Labute approximate surface area is 155 Å². The third-order valence-corrected chi connectivity index (χ3v) is 3.40. The van der Waals surface area contributed by atoms with Crippen LogP contribution in [0.3, 0.4) is 0 Å². The van der Waals surface area contributed by atoms with Gasteiger partial charge < -0.3 is 19.7 Å². The number of thiocarbonyl (C=S) groups is 1. The van der Waals surface area contributed by atoms with Gasteiger partial charge in [-0.15, -0.1) is 0 Å². The van der Waals surface area contributed by atoms with Crippen LogP contribution in [-0.4, -0.2) is 42.0 Å². The quantitative estimate of drug-likeness (QED) is 0.348. The Morgan fingerprint density at radius 1 is 0.885 bits per heavy atom. The van der Waals surface area contributed by atoms with Crippen LogP contribution >= 0.6 is 12.2 Å². The zero-order valence-electron chi connectivity index (χ0n) is 14.1. The third-order valence-electron chi connectivity index (χ3n) is 3.21. The molecule has 0 aliphatic heterocycles. The fraction of sp³-hybridized carbons (Fsp3) is 0.118. The topological polar surface area (TPSA) is 108 Å². The molecular formula is C17H18N4O4S. The van der Waals surface area contributed by atoms with Crippen LogP contribution in [0, 0.1) is 0 Å². The second-order valence-electron chi connectivity index (χ2n) is 4.92. The van der Waals surface area contributed by atoms with E-state index in [0.717, 1.165) is 0 Å². The predicted molar refractivity (Wildman–Crippen MR) is 103 cm³/mol. The number of nitrogens with zero attached hydrogens (tertiary/aromatic N) is 2. The molecule has 9 heteroatoms. The number of aromatic hydroxyl groups is 2. The molecule has 26 heavy (non-hydrogen) atoms. The number of hydrogen-bond acceptors (Lipinski definition) is 7. The normalized spacial score (nSPS) is 10.8. The molecule has 2 rings (SSSR count). The summed E-state index contributed by atoms with van der Waals surface area (Å²) in [6.07, 6.45) is 2.81. The second kappa shape index (κ2) is 9.23. The molecule has 0 radical (unpaired) electrons. The Hall–Kier alpha value is -3.33. The van der Waals surface area contributed by atoms with Crippen LogP contribution in [0.4, 0.5) is 0 Å². The highest BCUT2D eigenvalue weighted by Gasteiger charge is 2.01. The molecule has 0 amide bonds. The predicted octanol–water partition coefficient (Wildman–Crippen LogP) is 1.95. The summed E-state index contributed by atoms with van der Waals surface area (Å²) in [4.78, 5) is 0. The van der Waals surface area contributed by atoms with Crippen LogP contribution in [-0.2, 0) is 0 Å². The van der Waals surface area contributed by atoms with Crippen LogP contribution in [0.15, 0.2) is 46.6 Å². The van der Waals surface area contributed by atoms with E-state index in [1.165, 1.54) is 38.8 Å². The zero-order chi connectivity index (χ0) is 18.9. The molecule has 0 aliphatic carbocycles. The molecule has 0 aromatic heterocycles. The Morgan fingerprint density at radius 3 is 1.65 bits per heavy atom. The first kappa shape index (κ1) is 19.0. The number of hydrogen-bond donors (Lipinski definition) is 4. The van der Waals surface area contributed by atoms with Gasteiger partial charge in [0, 0.05) is 23.3 Å². The maximum absolute atomic E-state index is 9.81. The van der Waals surface area contributed by atoms with Crippen molar-refractivity contribution in [2.45, 2.75) is 0 Å². The van der Waals surface area contributed by atoms with E-state index in [2.05, 4.69) is 21.1 Å². The van der Waals surface area contributed by atoms with Crippen molar-refractivity contribution in [1.82, 2.24) is 10.9 Å². The monoisotopic (exact) mass is 374 g/mol. The summed E-state index contributed by atoms with van der Waals surface area (Å²) in [5, 5.41) is 27.6. The lowest BCUT2D eigenvalue weighted by molar-refractivity contribution is 0.407. The molecule has 0 saturated carbocycles. The first-order valence-corrected chi connectivity index (χ1v) is 7.80. The van der Waals surface area contributed by atoms with E-state index in [-0.39, 0.29) is 16.6 Å². The maximum Gasteiger partial charge on any atom is 0.207 e. The van der Waals surface area contributed by atoms with Crippen LogP contribution in [0.1, 0.15) is 11.1 Å². The lowest BCUT2D eigenvalue weighted by atomic mass is 10.2. The molecule has 4 N–H and O–H groups in total. The molecule has 2 aromatic rings. The highest BCUT2D eigenvalue weighted by molar-refractivity contribution is 7.80. The van der Waals surface area contributed by atoms with Crippen molar-refractivity contribution in [1.29, 1.82) is 0 Å². The number of methoxy groups -OCH3 is 2. The number of benzene rings is 2. The summed E-state index contributed by atoms with van der Waals surface area (Å²) in [6, 6.07) is 9.65. The number of phenolic OH excluding ortho intramolecular Hbond substituents is 2. The van der Waals surface area contributed by atoms with E-state index >= 15 is 0 Å². The molecule has 0 bridgehead atoms. The minimum absolute atomic E-state index is 0.0294. The van der Waals surface area contributed by atoms with Gasteiger partial charge in [0.1, 0.15) is 23.0 Å². The van der Waals surface area contributed by atoms with Crippen LogP contribution in [0.2, 0.25) is 0 Å². The fourth-order valence-electron chi connectivity index (χ4n) is 1.87. The number of hydrazone groups is 2. The largest absolute Gasteiger partial charge is 0.507 e. The van der Waals surface area contributed by atoms with Gasteiger partial charge in [-0.1, -0.05) is 0 Å². The molecule has 0 saturated heterocycles. The number of rotatable bonds is 6. The SMILES string of the molecule is COc1ccc(/C=N/NC(=S)N/N=C/c2ccc(OC)cc2O)c(O)c1. The van der Waals surface area contributed by atoms with Crippen molar-refractivity contribution in [2.75, 3.05) is 14.2 Å². The molecule has 2 aromatic carbocycles. The van der Waals surface area contributed by atoms with E-state index < -0.39 is 0 Å². The summed E-state index contributed by atoms with van der Waals surface area (Å²) in [5.74, 6) is 1.14. The number of ether oxygens (including phenoxy) is 2. The number of phenols is 2. The summed E-state index contributed by atoms with van der Waals surface area (Å²) >= 11 is 5.01. The molecule has 0 fully saturated rings. The van der Waals surface area contributed by atoms with Gasteiger partial charge in [-0.3, -0.25) is 10.9 Å². The van der Waals surface area contributed by atoms with Gasteiger partial charge in [-0.2, -0.15) is 10.2 Å². The van der Waals surface area contributed by atoms with Crippen molar-refractivity contribution < 1.29 is 19.7 Å². The van der Waals surface area contributed by atoms with E-state index in [1.807, 2.05) is 0 Å². The van der Waals surface area contributed by atoms with Crippen LogP contribution < -0.4 is 20.3 Å². The van der Waals surface area contributed by atoms with Crippen molar-refractivity contribution >= 4 is 29.8 Å². The average Bonchev–Trinajstić information content (AvgIpc) is 2.64. The first-order valence-electron chi connectivity index (χ1n) is 7.39. The van der Waals surface area contributed by atoms with Gasteiger partial charge in [0.15, 0.2) is 0 Å². The van der Waals surface area contributed by atoms with Gasteiger partial charge in [-0.25, -0.2) is 0 Å². The molecule has 0 unspecified atom stereocenters. The van der Waals surface area contributed by atoms with Gasteiger partial charge in [0.05, 0.1) is 26.6 Å². The minimum Gasteiger partial charge on any atom is -0.507 e. The second-order valence-corrected chi connectivity index (χ2v) is 5.33. The fourth-order valence-corrected chi connectivity index (χ4v) is 1.97. The zero-order valence-corrected chi connectivity index (χ0v) is 14.9. The summed E-state index contributed by atoms with van der Waals surface area (Å²) < 4.78 is 10.0. The lowest BCUT2D eigenvalue weighted by Crippen LogP contribution is -2.28. The van der Waals surface area contributed by atoms with E-state index in [4.69, 9.17) is 21.7 Å². The molecule has 0 spiro atoms. The Kier molecular flexibility index (Phi) is 6.75. The summed E-state index contributed by atoms with van der Waals surface area (Å²) in [6.45, 7) is 0. The Balaban J connectivity index is 1.87. The minimum atomic E-state index is 0.0294. The molecule has 8 nitrogen and oxygen atoms in total. The molecule has 0 aliphatic rings. The maximum atomic E-state index is 9.81. The average molecular weight is 374 g/mol. The molecule has 0 heterocycles. The molecule has 0 atom stereocenters. The van der Waals surface area contributed by atoms with Crippen LogP contribution in [0.5, 0.6) is 23.0 Å². The van der Waals surface area contributed by atoms with Gasteiger partial charge in [-0.05, 0) is 36.5 Å². The third kappa shape index (κ3) is 5.35. The van der Waals surface area contributed by atoms with Crippen molar-refractivity contribution in [2.24, 2.45) is 10.2 Å². The van der Waals surface area contributed by atoms with Crippen molar-refractivity contribution in [3.8, 4) is 23.0 Å². The summed E-state index contributed by atoms with van der Waals surface area (Å²) in [5.41, 5.74) is 6.10. The van der Waals surface area contributed by atoms with E-state index in [1.54, 1.807) is 24.3 Å². The van der Waals surface area contributed by atoms with Crippen molar-refractivity contribution in [3.63, 3.8) is 0 Å². The van der Waals surface area contributed by atoms with Crippen LogP contribution in [0.25, 0.3) is 0 Å². The van der Waals surface area contributed by atoms with E-state index in [9.17, 15) is 10.2 Å².